The number of rotatable bonds is 4. The molecule has 33 heavy (non-hydrogen) atoms. The summed E-state index contributed by atoms with van der Waals surface area (Å²) in [7, 11) is 0. The molecule has 0 saturated carbocycles. The van der Waals surface area contributed by atoms with Crippen molar-refractivity contribution in [2.24, 2.45) is 0 Å². The van der Waals surface area contributed by atoms with Crippen LogP contribution >= 0.6 is 0 Å². The highest BCUT2D eigenvalue weighted by molar-refractivity contribution is 6.10. The quantitative estimate of drug-likeness (QED) is 0.420. The zero-order valence-electron chi connectivity index (χ0n) is 17.6. The van der Waals surface area contributed by atoms with Gasteiger partial charge in [0.2, 0.25) is 0 Å². The topological polar surface area (TPSA) is 113 Å². The fraction of sp³-hybridized carbons (Fsp3) is 0.167. The fourth-order valence-corrected chi connectivity index (χ4v) is 4.50. The van der Waals surface area contributed by atoms with E-state index in [1.165, 1.54) is 0 Å². The molecule has 1 unspecified atom stereocenters. The van der Waals surface area contributed by atoms with Crippen LogP contribution in [-0.4, -0.2) is 39.8 Å². The van der Waals surface area contributed by atoms with Crippen LogP contribution in [0.3, 0.4) is 0 Å². The molecule has 9 nitrogen and oxygen atoms in total. The summed E-state index contributed by atoms with van der Waals surface area (Å²) in [6.45, 7) is -0.506. The summed E-state index contributed by atoms with van der Waals surface area (Å²) in [5.74, 6) is -1.67. The van der Waals surface area contributed by atoms with E-state index in [4.69, 9.17) is 0 Å². The smallest absolute Gasteiger partial charge is 0.323 e. The van der Waals surface area contributed by atoms with Crippen molar-refractivity contribution in [1.82, 2.24) is 25.6 Å². The van der Waals surface area contributed by atoms with E-state index in [-0.39, 0.29) is 0 Å². The Labute approximate surface area is 189 Å². The van der Waals surface area contributed by atoms with E-state index in [2.05, 4.69) is 16.2 Å². The molecular weight excluding hydrogens is 422 g/mol. The van der Waals surface area contributed by atoms with Crippen molar-refractivity contribution in [3.8, 4) is 5.69 Å². The maximum absolute atomic E-state index is 13.1. The number of aryl methyl sites for hydroxylation is 1. The first kappa shape index (κ1) is 20.5. The van der Waals surface area contributed by atoms with E-state index in [0.29, 0.717) is 24.1 Å². The number of aromatic nitrogens is 1. The van der Waals surface area contributed by atoms with Crippen LogP contribution in [-0.2, 0) is 21.5 Å². The summed E-state index contributed by atoms with van der Waals surface area (Å²) in [6, 6.07) is 17.5. The standard InChI is InChI=1S/C24H21N5O4/c30-20(26-27-21(31)17-8-2-4-10-19(17)28-13-5-6-14-28)15-29-22(32)24(25-23(29)33)12-11-16-7-1-3-9-18(16)24/h1-10,13-14H,11-12,15H2,(H,25,33)(H,26,30)(H,27,31). The second kappa shape index (κ2) is 7.94. The maximum Gasteiger partial charge on any atom is 0.325 e. The van der Waals surface area contributed by atoms with Gasteiger partial charge in [0, 0.05) is 12.4 Å². The third kappa shape index (κ3) is 3.43. The van der Waals surface area contributed by atoms with Crippen LogP contribution in [0.15, 0.2) is 73.1 Å². The van der Waals surface area contributed by atoms with Gasteiger partial charge in [-0.15, -0.1) is 0 Å². The molecule has 5 rings (SSSR count). The van der Waals surface area contributed by atoms with E-state index in [9.17, 15) is 19.2 Å². The molecule has 1 aromatic heterocycles. The number of imide groups is 1. The van der Waals surface area contributed by atoms with E-state index in [1.54, 1.807) is 41.2 Å². The van der Waals surface area contributed by atoms with Crippen LogP contribution in [0.2, 0.25) is 0 Å². The Bertz CT molecular complexity index is 1270. The summed E-state index contributed by atoms with van der Waals surface area (Å²) in [6.07, 6.45) is 4.72. The van der Waals surface area contributed by atoms with Gasteiger partial charge in [-0.05, 0) is 48.2 Å². The average Bonchev–Trinajstić information content (AvgIpc) is 3.54. The van der Waals surface area contributed by atoms with E-state index in [1.807, 2.05) is 36.4 Å². The van der Waals surface area contributed by atoms with E-state index in [0.717, 1.165) is 16.0 Å². The minimum atomic E-state index is -1.13. The first-order valence-electron chi connectivity index (χ1n) is 10.5. The number of hydrogen-bond acceptors (Lipinski definition) is 4. The van der Waals surface area contributed by atoms with Gasteiger partial charge in [0.05, 0.1) is 11.3 Å². The molecule has 9 heteroatoms. The molecule has 1 fully saturated rings. The van der Waals surface area contributed by atoms with Gasteiger partial charge in [-0.3, -0.25) is 30.1 Å². The summed E-state index contributed by atoms with van der Waals surface area (Å²) in [5, 5.41) is 2.77. The summed E-state index contributed by atoms with van der Waals surface area (Å²) >= 11 is 0. The molecule has 5 amide bonds. The molecule has 166 valence electrons. The van der Waals surface area contributed by atoms with Crippen LogP contribution in [0, 0.1) is 0 Å². The lowest BCUT2D eigenvalue weighted by Gasteiger charge is -2.22. The van der Waals surface area contributed by atoms with Crippen LogP contribution in [0.5, 0.6) is 0 Å². The molecule has 3 N–H and O–H groups in total. The van der Waals surface area contributed by atoms with Crippen molar-refractivity contribution < 1.29 is 19.2 Å². The van der Waals surface area contributed by atoms with Crippen molar-refractivity contribution in [2.75, 3.05) is 6.54 Å². The second-order valence-corrected chi connectivity index (χ2v) is 7.99. The van der Waals surface area contributed by atoms with Crippen LogP contribution < -0.4 is 16.2 Å². The number of carbonyl (C=O) groups excluding carboxylic acids is 4. The number of hydrogen-bond donors (Lipinski definition) is 3. The first-order chi connectivity index (χ1) is 16.0. The fourth-order valence-electron chi connectivity index (χ4n) is 4.50. The number of para-hydroxylation sites is 1. The maximum atomic E-state index is 13.1. The van der Waals surface area contributed by atoms with Crippen LogP contribution in [0.25, 0.3) is 5.69 Å². The highest BCUT2D eigenvalue weighted by atomic mass is 16.2. The van der Waals surface area contributed by atoms with Crippen molar-refractivity contribution in [2.45, 2.75) is 18.4 Å². The van der Waals surface area contributed by atoms with E-state index < -0.39 is 35.8 Å². The number of benzene rings is 2. The molecular formula is C24H21N5O4. The highest BCUT2D eigenvalue weighted by Gasteiger charge is 2.55. The van der Waals surface area contributed by atoms with Crippen LogP contribution in [0.1, 0.15) is 27.9 Å². The zero-order valence-corrected chi connectivity index (χ0v) is 17.6. The first-order valence-corrected chi connectivity index (χ1v) is 10.5. The summed E-state index contributed by atoms with van der Waals surface area (Å²) in [5.41, 5.74) is 6.29. The molecule has 1 saturated heterocycles. The Balaban J connectivity index is 1.25. The number of nitrogens with one attached hydrogen (secondary N) is 3. The second-order valence-electron chi connectivity index (χ2n) is 7.99. The van der Waals surface area contributed by atoms with Gasteiger partial charge in [-0.2, -0.15) is 0 Å². The Hall–Kier alpha value is -4.40. The largest absolute Gasteiger partial charge is 0.325 e. The third-order valence-corrected chi connectivity index (χ3v) is 6.07. The molecule has 2 heterocycles. The Kier molecular flexibility index (Phi) is 4.93. The van der Waals surface area contributed by atoms with E-state index >= 15 is 0 Å². The SMILES string of the molecule is O=C(CN1C(=O)NC2(CCc3ccccc32)C1=O)NNC(=O)c1ccccc1-n1cccc1. The number of carbonyl (C=O) groups is 4. The van der Waals surface area contributed by atoms with Gasteiger partial charge < -0.3 is 9.88 Å². The van der Waals surface area contributed by atoms with Gasteiger partial charge in [0.15, 0.2) is 0 Å². The highest BCUT2D eigenvalue weighted by Crippen LogP contribution is 2.41. The molecule has 0 bridgehead atoms. The lowest BCUT2D eigenvalue weighted by atomic mass is 9.92. The van der Waals surface area contributed by atoms with Gasteiger partial charge in [-0.25, -0.2) is 4.79 Å². The number of amides is 5. The normalized spacial score (nSPS) is 18.8. The number of fused-ring (bicyclic) bond motifs is 2. The summed E-state index contributed by atoms with van der Waals surface area (Å²) in [4.78, 5) is 51.7. The van der Waals surface area contributed by atoms with Gasteiger partial charge in [0.25, 0.3) is 17.7 Å². The molecule has 0 radical (unpaired) electrons. The Morgan fingerprint density at radius 2 is 1.67 bits per heavy atom. The molecule has 2 aliphatic rings. The molecule has 1 atom stereocenters. The minimum absolute atomic E-state index is 0.352. The van der Waals surface area contributed by atoms with Crippen molar-refractivity contribution in [3.05, 3.63) is 89.7 Å². The molecule has 1 spiro atoms. The lowest BCUT2D eigenvalue weighted by molar-refractivity contribution is -0.135. The molecule has 2 aromatic carbocycles. The monoisotopic (exact) mass is 443 g/mol. The molecule has 1 aliphatic carbocycles. The van der Waals surface area contributed by atoms with Crippen molar-refractivity contribution >= 4 is 23.8 Å². The van der Waals surface area contributed by atoms with Gasteiger partial charge in [0.1, 0.15) is 12.1 Å². The number of nitrogens with zero attached hydrogens (tertiary/aromatic N) is 2. The molecule has 1 aliphatic heterocycles. The van der Waals surface area contributed by atoms with Gasteiger partial charge in [-0.1, -0.05) is 36.4 Å². The molecule has 3 aromatic rings. The number of urea groups is 1. The average molecular weight is 443 g/mol. The predicted molar refractivity (Wildman–Crippen MR) is 118 cm³/mol. The van der Waals surface area contributed by atoms with Crippen molar-refractivity contribution in [1.29, 1.82) is 0 Å². The zero-order chi connectivity index (χ0) is 23.0. The lowest BCUT2D eigenvalue weighted by Crippen LogP contribution is -2.48. The summed E-state index contributed by atoms with van der Waals surface area (Å²) < 4.78 is 1.78. The van der Waals surface area contributed by atoms with Crippen LogP contribution in [0.4, 0.5) is 4.79 Å². The van der Waals surface area contributed by atoms with Crippen molar-refractivity contribution in [3.63, 3.8) is 0 Å². The Morgan fingerprint density at radius 1 is 0.939 bits per heavy atom. The Morgan fingerprint density at radius 3 is 2.48 bits per heavy atom. The minimum Gasteiger partial charge on any atom is -0.323 e. The number of hydrazine groups is 1. The predicted octanol–water partition coefficient (Wildman–Crippen LogP) is 1.63. The van der Waals surface area contributed by atoms with Gasteiger partial charge >= 0.3 is 6.03 Å². The third-order valence-electron chi connectivity index (χ3n) is 6.07.